The Bertz CT molecular complexity index is 695. The summed E-state index contributed by atoms with van der Waals surface area (Å²) in [6, 6.07) is 16.4. The molecule has 26 heavy (non-hydrogen) atoms. The highest BCUT2D eigenvalue weighted by atomic mass is 35.5. The normalized spacial score (nSPS) is 15.3. The number of carbonyl (C=O) groups is 1. The molecular weight excluding hydrogens is 367 g/mol. The lowest BCUT2D eigenvalue weighted by Crippen LogP contribution is -2.37. The molecule has 1 amide bonds. The molecule has 1 aliphatic rings. The standard InChI is InChI=1S/C21H25ClN2O.ClH/c1-16-4-8-18(9-5-16)20(24-12-2-3-13-24)15-23-21(25)14-17-6-10-19(22)11-7-17;/h4-11,20H,2-3,12-15H2,1H3,(H,23,25);1H. The molecule has 3 rings (SSSR count). The molecule has 0 radical (unpaired) electrons. The highest BCUT2D eigenvalue weighted by Crippen LogP contribution is 2.25. The summed E-state index contributed by atoms with van der Waals surface area (Å²) in [5.41, 5.74) is 3.52. The molecule has 1 N–H and O–H groups in total. The van der Waals surface area contributed by atoms with Gasteiger partial charge in [-0.2, -0.15) is 0 Å². The van der Waals surface area contributed by atoms with E-state index in [1.165, 1.54) is 24.0 Å². The maximum atomic E-state index is 12.3. The van der Waals surface area contributed by atoms with Crippen molar-refractivity contribution in [3.63, 3.8) is 0 Å². The van der Waals surface area contributed by atoms with Crippen LogP contribution in [0, 0.1) is 6.92 Å². The number of nitrogens with zero attached hydrogens (tertiary/aromatic N) is 1. The average Bonchev–Trinajstić information content (AvgIpc) is 3.13. The quantitative estimate of drug-likeness (QED) is 0.780. The van der Waals surface area contributed by atoms with Gasteiger partial charge < -0.3 is 5.32 Å². The van der Waals surface area contributed by atoms with Gasteiger partial charge in [0, 0.05) is 11.6 Å². The average molecular weight is 393 g/mol. The fourth-order valence-corrected chi connectivity index (χ4v) is 3.49. The fraction of sp³-hybridized carbons (Fsp3) is 0.381. The Morgan fingerprint density at radius 1 is 1.08 bits per heavy atom. The van der Waals surface area contributed by atoms with Gasteiger partial charge in [-0.05, 0) is 56.1 Å². The van der Waals surface area contributed by atoms with Gasteiger partial charge in [0.1, 0.15) is 0 Å². The molecule has 1 saturated heterocycles. The summed E-state index contributed by atoms with van der Waals surface area (Å²) in [5, 5.41) is 3.81. The summed E-state index contributed by atoms with van der Waals surface area (Å²) in [4.78, 5) is 14.8. The number of halogens is 2. The number of likely N-dealkylation sites (tertiary alicyclic amines) is 1. The molecule has 1 aliphatic heterocycles. The van der Waals surface area contributed by atoms with Crippen LogP contribution in [0.15, 0.2) is 48.5 Å². The molecule has 1 atom stereocenters. The minimum Gasteiger partial charge on any atom is -0.354 e. The minimum atomic E-state index is 0. The summed E-state index contributed by atoms with van der Waals surface area (Å²) in [5.74, 6) is 0.0543. The predicted octanol–water partition coefficient (Wildman–Crippen LogP) is 4.57. The first-order valence-corrected chi connectivity index (χ1v) is 9.31. The first-order chi connectivity index (χ1) is 12.1. The van der Waals surface area contributed by atoms with E-state index < -0.39 is 0 Å². The third kappa shape index (κ3) is 5.73. The highest BCUT2D eigenvalue weighted by Gasteiger charge is 2.23. The molecular formula is C21H26Cl2N2O. The maximum Gasteiger partial charge on any atom is 0.224 e. The van der Waals surface area contributed by atoms with E-state index in [1.54, 1.807) is 0 Å². The molecule has 3 nitrogen and oxygen atoms in total. The van der Waals surface area contributed by atoms with E-state index in [9.17, 15) is 4.79 Å². The van der Waals surface area contributed by atoms with Crippen molar-refractivity contribution in [3.8, 4) is 0 Å². The molecule has 0 saturated carbocycles. The lowest BCUT2D eigenvalue weighted by atomic mass is 10.0. The van der Waals surface area contributed by atoms with Gasteiger partial charge in [0.15, 0.2) is 0 Å². The van der Waals surface area contributed by atoms with Crippen molar-refractivity contribution in [2.75, 3.05) is 19.6 Å². The topological polar surface area (TPSA) is 32.3 Å². The molecule has 2 aromatic carbocycles. The SMILES string of the molecule is Cc1ccc(C(CNC(=O)Cc2ccc(Cl)cc2)N2CCCC2)cc1.Cl. The third-order valence-electron chi connectivity index (χ3n) is 4.81. The first-order valence-electron chi connectivity index (χ1n) is 8.93. The number of benzene rings is 2. The molecule has 0 spiro atoms. The van der Waals surface area contributed by atoms with Crippen LogP contribution in [0.1, 0.15) is 35.6 Å². The number of hydrogen-bond acceptors (Lipinski definition) is 2. The van der Waals surface area contributed by atoms with Gasteiger partial charge in [-0.1, -0.05) is 53.6 Å². The van der Waals surface area contributed by atoms with Gasteiger partial charge in [0.2, 0.25) is 5.91 Å². The number of aryl methyl sites for hydroxylation is 1. The number of nitrogens with one attached hydrogen (secondary N) is 1. The lowest BCUT2D eigenvalue weighted by Gasteiger charge is -2.28. The summed E-state index contributed by atoms with van der Waals surface area (Å²) in [6.07, 6.45) is 2.86. The Kier molecular flexibility index (Phi) is 7.95. The van der Waals surface area contributed by atoms with Gasteiger partial charge in [-0.15, -0.1) is 12.4 Å². The van der Waals surface area contributed by atoms with Crippen LogP contribution in [0.3, 0.4) is 0 Å². The fourth-order valence-electron chi connectivity index (χ4n) is 3.36. The molecule has 0 aromatic heterocycles. The molecule has 1 unspecified atom stereocenters. The molecule has 0 aliphatic carbocycles. The van der Waals surface area contributed by atoms with Gasteiger partial charge in [0.05, 0.1) is 12.5 Å². The van der Waals surface area contributed by atoms with E-state index in [0.717, 1.165) is 18.7 Å². The van der Waals surface area contributed by atoms with Crippen molar-refractivity contribution in [3.05, 3.63) is 70.2 Å². The Hall–Kier alpha value is -1.55. The third-order valence-corrected chi connectivity index (χ3v) is 5.07. The Labute approximate surface area is 167 Å². The van der Waals surface area contributed by atoms with Crippen LogP contribution >= 0.6 is 24.0 Å². The van der Waals surface area contributed by atoms with E-state index in [1.807, 2.05) is 24.3 Å². The maximum absolute atomic E-state index is 12.3. The smallest absolute Gasteiger partial charge is 0.224 e. The monoisotopic (exact) mass is 392 g/mol. The van der Waals surface area contributed by atoms with Gasteiger partial charge in [0.25, 0.3) is 0 Å². The summed E-state index contributed by atoms with van der Waals surface area (Å²) in [7, 11) is 0. The van der Waals surface area contributed by atoms with E-state index in [4.69, 9.17) is 11.6 Å². The van der Waals surface area contributed by atoms with E-state index >= 15 is 0 Å². The van der Waals surface area contributed by atoms with Crippen LogP contribution in [-0.2, 0) is 11.2 Å². The van der Waals surface area contributed by atoms with Crippen LogP contribution in [0.2, 0.25) is 5.02 Å². The van der Waals surface area contributed by atoms with Gasteiger partial charge >= 0.3 is 0 Å². The zero-order chi connectivity index (χ0) is 17.6. The molecule has 140 valence electrons. The second-order valence-corrected chi connectivity index (χ2v) is 7.21. The Morgan fingerprint density at radius 3 is 2.31 bits per heavy atom. The van der Waals surface area contributed by atoms with Crippen LogP contribution in [0.4, 0.5) is 0 Å². The van der Waals surface area contributed by atoms with Gasteiger partial charge in [-0.3, -0.25) is 9.69 Å². The number of rotatable bonds is 6. The van der Waals surface area contributed by atoms with Crippen molar-refractivity contribution in [2.45, 2.75) is 32.2 Å². The van der Waals surface area contributed by atoms with Crippen LogP contribution in [0.5, 0.6) is 0 Å². The van der Waals surface area contributed by atoms with Crippen molar-refractivity contribution >= 4 is 29.9 Å². The van der Waals surface area contributed by atoms with Crippen molar-refractivity contribution in [1.29, 1.82) is 0 Å². The number of amides is 1. The summed E-state index contributed by atoms with van der Waals surface area (Å²) < 4.78 is 0. The molecule has 5 heteroatoms. The molecule has 0 bridgehead atoms. The van der Waals surface area contributed by atoms with E-state index in [0.29, 0.717) is 18.0 Å². The zero-order valence-electron chi connectivity index (χ0n) is 15.1. The van der Waals surface area contributed by atoms with Crippen molar-refractivity contribution in [2.24, 2.45) is 0 Å². The van der Waals surface area contributed by atoms with Crippen LogP contribution in [-0.4, -0.2) is 30.4 Å². The number of carbonyl (C=O) groups excluding carboxylic acids is 1. The predicted molar refractivity (Wildman–Crippen MR) is 110 cm³/mol. The second-order valence-electron chi connectivity index (χ2n) is 6.78. The van der Waals surface area contributed by atoms with E-state index in [-0.39, 0.29) is 24.4 Å². The second kappa shape index (κ2) is 9.96. The lowest BCUT2D eigenvalue weighted by molar-refractivity contribution is -0.120. The largest absolute Gasteiger partial charge is 0.354 e. The van der Waals surface area contributed by atoms with E-state index in [2.05, 4.69) is 41.4 Å². The van der Waals surface area contributed by atoms with Crippen LogP contribution < -0.4 is 5.32 Å². The molecule has 2 aromatic rings. The number of hydrogen-bond donors (Lipinski definition) is 1. The highest BCUT2D eigenvalue weighted by molar-refractivity contribution is 6.30. The summed E-state index contributed by atoms with van der Waals surface area (Å²) in [6.45, 7) is 4.95. The molecule has 1 heterocycles. The summed E-state index contributed by atoms with van der Waals surface area (Å²) >= 11 is 5.90. The Balaban J connectivity index is 0.00000243. The van der Waals surface area contributed by atoms with Gasteiger partial charge in [-0.25, -0.2) is 0 Å². The van der Waals surface area contributed by atoms with Crippen molar-refractivity contribution < 1.29 is 4.79 Å². The van der Waals surface area contributed by atoms with Crippen LogP contribution in [0.25, 0.3) is 0 Å². The zero-order valence-corrected chi connectivity index (χ0v) is 16.7. The molecule has 1 fully saturated rings. The Morgan fingerprint density at radius 2 is 1.69 bits per heavy atom. The first kappa shape index (κ1) is 20.8. The minimum absolute atomic E-state index is 0. The van der Waals surface area contributed by atoms with Crippen molar-refractivity contribution in [1.82, 2.24) is 10.2 Å².